The third-order valence-electron chi connectivity index (χ3n) is 5.76. The lowest BCUT2D eigenvalue weighted by Gasteiger charge is -2.29. The van der Waals surface area contributed by atoms with Crippen LogP contribution in [0.25, 0.3) is 6.08 Å². The number of hydrogen-bond acceptors (Lipinski definition) is 5. The molecule has 3 rings (SSSR count). The topological polar surface area (TPSA) is 92.8 Å². The highest BCUT2D eigenvalue weighted by Gasteiger charge is 2.30. The molecule has 1 aliphatic heterocycles. The van der Waals surface area contributed by atoms with E-state index < -0.39 is 16.0 Å². The highest BCUT2D eigenvalue weighted by atomic mass is 32.2. The Morgan fingerprint density at radius 2 is 1.75 bits per heavy atom. The normalized spacial score (nSPS) is 15.6. The minimum atomic E-state index is -3.55. The lowest BCUT2D eigenvalue weighted by Crippen LogP contribution is -2.40. The molecule has 0 aliphatic carbocycles. The van der Waals surface area contributed by atoms with Crippen LogP contribution < -0.4 is 5.32 Å². The summed E-state index contributed by atoms with van der Waals surface area (Å²) in [6.07, 6.45) is 2.44. The standard InChI is InChI=1S/C24H28N2O5S/c1-17-15-21(16-22(18(17)2)24(28)31-3)25-23(27)20-9-12-26(13-10-20)32(29,30)14-11-19-7-5-4-6-8-19/h4-8,11,14-16,20H,9-10,12-13H2,1-3H3,(H,25,27)/b14-11+. The average Bonchev–Trinajstić information content (AvgIpc) is 2.80. The average molecular weight is 457 g/mol. The number of methoxy groups -OCH3 is 1. The minimum absolute atomic E-state index is 0.180. The van der Waals surface area contributed by atoms with Crippen molar-refractivity contribution in [2.24, 2.45) is 5.92 Å². The number of nitrogens with one attached hydrogen (secondary N) is 1. The van der Waals surface area contributed by atoms with Crippen molar-refractivity contribution < 1.29 is 22.7 Å². The van der Waals surface area contributed by atoms with Crippen LogP contribution >= 0.6 is 0 Å². The van der Waals surface area contributed by atoms with Gasteiger partial charge in [-0.05, 0) is 61.6 Å². The van der Waals surface area contributed by atoms with Crippen LogP contribution in [0.5, 0.6) is 0 Å². The number of amides is 1. The number of aryl methyl sites for hydroxylation is 1. The Kier molecular flexibility index (Phi) is 7.48. The first-order valence-corrected chi connectivity index (χ1v) is 12.0. The smallest absolute Gasteiger partial charge is 0.338 e. The summed E-state index contributed by atoms with van der Waals surface area (Å²) in [5.41, 5.74) is 3.42. The molecule has 0 atom stereocenters. The Hall–Kier alpha value is -2.97. The quantitative estimate of drug-likeness (QED) is 0.669. The van der Waals surface area contributed by atoms with Gasteiger partial charge in [-0.15, -0.1) is 0 Å². The van der Waals surface area contributed by atoms with Gasteiger partial charge in [0.2, 0.25) is 15.9 Å². The Labute approximate surface area is 189 Å². The van der Waals surface area contributed by atoms with Gasteiger partial charge in [-0.1, -0.05) is 30.3 Å². The lowest BCUT2D eigenvalue weighted by molar-refractivity contribution is -0.120. The van der Waals surface area contributed by atoms with E-state index >= 15 is 0 Å². The summed E-state index contributed by atoms with van der Waals surface area (Å²) in [4.78, 5) is 24.8. The number of carbonyl (C=O) groups is 2. The molecule has 0 aromatic heterocycles. The molecule has 32 heavy (non-hydrogen) atoms. The van der Waals surface area contributed by atoms with Gasteiger partial charge in [-0.2, -0.15) is 4.31 Å². The van der Waals surface area contributed by atoms with Crippen LogP contribution in [-0.4, -0.2) is 44.8 Å². The van der Waals surface area contributed by atoms with E-state index in [0.29, 0.717) is 24.1 Å². The van der Waals surface area contributed by atoms with E-state index in [-0.39, 0.29) is 24.9 Å². The van der Waals surface area contributed by atoms with E-state index in [0.717, 1.165) is 16.7 Å². The third-order valence-corrected chi connectivity index (χ3v) is 7.32. The van der Waals surface area contributed by atoms with Gasteiger partial charge in [0, 0.05) is 30.1 Å². The van der Waals surface area contributed by atoms with Crippen LogP contribution in [0.2, 0.25) is 0 Å². The molecular formula is C24H28N2O5S. The van der Waals surface area contributed by atoms with E-state index in [4.69, 9.17) is 4.74 Å². The molecule has 8 heteroatoms. The number of nitrogens with zero attached hydrogens (tertiary/aromatic N) is 1. The zero-order valence-corrected chi connectivity index (χ0v) is 19.3. The van der Waals surface area contributed by atoms with Crippen LogP contribution in [0.3, 0.4) is 0 Å². The maximum Gasteiger partial charge on any atom is 0.338 e. The third kappa shape index (κ3) is 5.63. The molecule has 7 nitrogen and oxygen atoms in total. The van der Waals surface area contributed by atoms with E-state index in [2.05, 4.69) is 5.32 Å². The molecule has 1 amide bonds. The van der Waals surface area contributed by atoms with Crippen molar-refractivity contribution >= 4 is 33.7 Å². The number of anilines is 1. The van der Waals surface area contributed by atoms with Gasteiger partial charge >= 0.3 is 5.97 Å². The summed E-state index contributed by atoms with van der Waals surface area (Å²) in [5.74, 6) is -0.938. The maximum atomic E-state index is 12.8. The molecule has 2 aromatic carbocycles. The molecule has 170 valence electrons. The van der Waals surface area contributed by atoms with Crippen molar-refractivity contribution in [3.63, 3.8) is 0 Å². The van der Waals surface area contributed by atoms with Crippen LogP contribution in [0.4, 0.5) is 5.69 Å². The van der Waals surface area contributed by atoms with Crippen LogP contribution in [0.1, 0.15) is 39.9 Å². The first-order chi connectivity index (χ1) is 15.2. The zero-order valence-electron chi connectivity index (χ0n) is 18.5. The summed E-state index contributed by atoms with van der Waals surface area (Å²) >= 11 is 0. The first-order valence-electron chi connectivity index (χ1n) is 10.4. The fourth-order valence-corrected chi connectivity index (χ4v) is 4.91. The van der Waals surface area contributed by atoms with E-state index in [1.54, 1.807) is 12.1 Å². The Bertz CT molecular complexity index is 1120. The molecular weight excluding hydrogens is 428 g/mol. The number of benzene rings is 2. The molecule has 0 spiro atoms. The summed E-state index contributed by atoms with van der Waals surface area (Å²) in [6.45, 7) is 4.25. The molecule has 0 unspecified atom stereocenters. The Balaban J connectivity index is 1.62. The van der Waals surface area contributed by atoms with Crippen molar-refractivity contribution in [3.05, 3.63) is 70.1 Å². The fourth-order valence-electron chi connectivity index (χ4n) is 3.69. The van der Waals surface area contributed by atoms with Crippen molar-refractivity contribution in [2.75, 3.05) is 25.5 Å². The molecule has 1 heterocycles. The van der Waals surface area contributed by atoms with Gasteiger partial charge in [0.15, 0.2) is 0 Å². The largest absolute Gasteiger partial charge is 0.465 e. The zero-order chi connectivity index (χ0) is 23.3. The van der Waals surface area contributed by atoms with Crippen molar-refractivity contribution in [1.29, 1.82) is 0 Å². The van der Waals surface area contributed by atoms with Gasteiger partial charge in [0.1, 0.15) is 0 Å². The molecule has 1 fully saturated rings. The molecule has 1 aliphatic rings. The predicted octanol–water partition coefficient (Wildman–Crippen LogP) is 3.74. The number of ether oxygens (including phenoxy) is 1. The van der Waals surface area contributed by atoms with Crippen LogP contribution in [-0.2, 0) is 19.6 Å². The van der Waals surface area contributed by atoms with Gasteiger partial charge in [0.05, 0.1) is 12.7 Å². The van der Waals surface area contributed by atoms with Gasteiger partial charge in [-0.25, -0.2) is 13.2 Å². The van der Waals surface area contributed by atoms with Crippen molar-refractivity contribution in [2.45, 2.75) is 26.7 Å². The molecule has 1 N–H and O–H groups in total. The summed E-state index contributed by atoms with van der Waals surface area (Å²) < 4.78 is 31.5. The number of sulfonamides is 1. The number of piperidine rings is 1. The second-order valence-electron chi connectivity index (χ2n) is 7.88. The van der Waals surface area contributed by atoms with Crippen LogP contribution in [0.15, 0.2) is 47.9 Å². The van der Waals surface area contributed by atoms with E-state index in [1.807, 2.05) is 50.2 Å². The fraction of sp³-hybridized carbons (Fsp3) is 0.333. The lowest BCUT2D eigenvalue weighted by atomic mass is 9.96. The number of rotatable bonds is 6. The van der Waals surface area contributed by atoms with Gasteiger partial charge in [-0.3, -0.25) is 4.79 Å². The van der Waals surface area contributed by atoms with Crippen molar-refractivity contribution in [3.8, 4) is 0 Å². The number of carbonyl (C=O) groups excluding carboxylic acids is 2. The van der Waals surface area contributed by atoms with Crippen molar-refractivity contribution in [1.82, 2.24) is 4.31 Å². The summed E-state index contributed by atoms with van der Waals surface area (Å²) in [5, 5.41) is 4.09. The molecule has 2 aromatic rings. The second kappa shape index (κ2) is 10.1. The molecule has 1 saturated heterocycles. The van der Waals surface area contributed by atoms with Gasteiger partial charge in [0.25, 0.3) is 0 Å². The second-order valence-corrected chi connectivity index (χ2v) is 9.70. The van der Waals surface area contributed by atoms with Gasteiger partial charge < -0.3 is 10.1 Å². The SMILES string of the molecule is COC(=O)c1cc(NC(=O)C2CCN(S(=O)(=O)/C=C/c3ccccc3)CC2)cc(C)c1C. The maximum absolute atomic E-state index is 12.8. The number of esters is 1. The van der Waals surface area contributed by atoms with E-state index in [1.165, 1.54) is 16.8 Å². The summed E-state index contributed by atoms with van der Waals surface area (Å²) in [7, 11) is -2.23. The highest BCUT2D eigenvalue weighted by Crippen LogP contribution is 2.25. The van der Waals surface area contributed by atoms with E-state index in [9.17, 15) is 18.0 Å². The molecule has 0 radical (unpaired) electrons. The highest BCUT2D eigenvalue weighted by molar-refractivity contribution is 7.92. The first kappa shape index (κ1) is 23.7. The Morgan fingerprint density at radius 1 is 1.09 bits per heavy atom. The summed E-state index contributed by atoms with van der Waals surface area (Å²) in [6, 6.07) is 12.7. The molecule has 0 saturated carbocycles. The predicted molar refractivity (Wildman–Crippen MR) is 125 cm³/mol. The monoisotopic (exact) mass is 456 g/mol. The number of hydrogen-bond donors (Lipinski definition) is 1. The van der Waals surface area contributed by atoms with Crippen LogP contribution in [0, 0.1) is 19.8 Å². The minimum Gasteiger partial charge on any atom is -0.465 e. The Morgan fingerprint density at radius 3 is 2.38 bits per heavy atom. The molecule has 0 bridgehead atoms.